The summed E-state index contributed by atoms with van der Waals surface area (Å²) in [7, 11) is 0. The van der Waals surface area contributed by atoms with Crippen LogP contribution in [0, 0.1) is 11.7 Å². The van der Waals surface area contributed by atoms with Gasteiger partial charge in [-0.2, -0.15) is 0 Å². The minimum absolute atomic E-state index is 0.220. The molecular formula is C13H17FNO+. The monoisotopic (exact) mass is 222 g/mol. The first kappa shape index (κ1) is 10.1. The summed E-state index contributed by atoms with van der Waals surface area (Å²) in [5, 5.41) is 0. The first-order chi connectivity index (χ1) is 7.76. The Morgan fingerprint density at radius 1 is 1.12 bits per heavy atom. The fraction of sp³-hybridized carbons (Fsp3) is 0.538. The third kappa shape index (κ3) is 1.80. The molecule has 0 atom stereocenters. The summed E-state index contributed by atoms with van der Waals surface area (Å²) in [5.41, 5.74) is 0. The molecule has 0 N–H and O–H groups in total. The van der Waals surface area contributed by atoms with Gasteiger partial charge in [-0.25, -0.2) is 4.39 Å². The Kier molecular flexibility index (Phi) is 2.36. The number of nitrogens with zero attached hydrogens (tertiary/aromatic N) is 1. The Morgan fingerprint density at radius 3 is 2.44 bits per heavy atom. The van der Waals surface area contributed by atoms with Crippen LogP contribution in [0.1, 0.15) is 19.3 Å². The second-order valence-corrected chi connectivity index (χ2v) is 5.01. The molecule has 0 aliphatic carbocycles. The zero-order chi connectivity index (χ0) is 11.0. The van der Waals surface area contributed by atoms with Gasteiger partial charge in [0.25, 0.3) is 0 Å². The molecular weight excluding hydrogens is 205 g/mol. The first-order valence-corrected chi connectivity index (χ1v) is 6.07. The molecule has 1 aromatic rings. The van der Waals surface area contributed by atoms with Gasteiger partial charge in [-0.3, -0.25) is 0 Å². The topological polar surface area (TPSA) is 9.23 Å². The summed E-state index contributed by atoms with van der Waals surface area (Å²) in [4.78, 5) is 6.01. The first-order valence-electron chi connectivity index (χ1n) is 6.07. The van der Waals surface area contributed by atoms with Crippen LogP contribution in [0.25, 0.3) is 0 Å². The number of fused-ring (bicyclic) bond motifs is 3. The molecule has 3 saturated heterocycles. The van der Waals surface area contributed by atoms with Crippen LogP contribution in [0.5, 0.6) is 5.75 Å². The van der Waals surface area contributed by atoms with Crippen LogP contribution in [-0.4, -0.2) is 24.3 Å². The number of piperidine rings is 3. The molecule has 3 heterocycles. The van der Waals surface area contributed by atoms with E-state index < -0.39 is 0 Å². The predicted octanol–water partition coefficient (Wildman–Crippen LogP) is 2.75. The van der Waals surface area contributed by atoms with Crippen molar-refractivity contribution in [2.24, 2.45) is 5.92 Å². The minimum Gasteiger partial charge on any atom is -0.315 e. The van der Waals surface area contributed by atoms with Gasteiger partial charge in [0.05, 0.1) is 0 Å². The van der Waals surface area contributed by atoms with Gasteiger partial charge in [0.2, 0.25) is 0 Å². The molecule has 3 heteroatoms. The molecule has 1 aromatic carbocycles. The zero-order valence-corrected chi connectivity index (χ0v) is 9.36. The maximum absolute atomic E-state index is 13.1. The summed E-state index contributed by atoms with van der Waals surface area (Å²) >= 11 is 0. The van der Waals surface area contributed by atoms with Crippen LogP contribution in [0.4, 0.5) is 4.39 Å². The van der Waals surface area contributed by atoms with Crippen molar-refractivity contribution < 1.29 is 13.9 Å². The van der Waals surface area contributed by atoms with Gasteiger partial charge in [0.1, 0.15) is 25.5 Å². The lowest BCUT2D eigenvalue weighted by atomic mass is 9.88. The highest BCUT2D eigenvalue weighted by Crippen LogP contribution is 2.34. The normalized spacial score (nSPS) is 32.7. The van der Waals surface area contributed by atoms with E-state index in [2.05, 4.69) is 0 Å². The Bertz CT molecular complexity index is 371. The van der Waals surface area contributed by atoms with Crippen LogP contribution >= 0.6 is 0 Å². The second kappa shape index (κ2) is 3.74. The molecule has 16 heavy (non-hydrogen) atoms. The molecule has 3 fully saturated rings. The van der Waals surface area contributed by atoms with Crippen LogP contribution in [0.15, 0.2) is 24.3 Å². The molecule has 3 aliphatic rings. The lowest BCUT2D eigenvalue weighted by molar-refractivity contribution is -1.09. The zero-order valence-electron chi connectivity index (χ0n) is 9.36. The van der Waals surface area contributed by atoms with Crippen molar-refractivity contribution in [1.29, 1.82) is 0 Å². The van der Waals surface area contributed by atoms with Crippen LogP contribution < -0.4 is 4.84 Å². The number of quaternary nitrogens is 1. The molecule has 0 amide bonds. The van der Waals surface area contributed by atoms with E-state index in [1.54, 1.807) is 6.07 Å². The van der Waals surface area contributed by atoms with Gasteiger partial charge >= 0.3 is 0 Å². The lowest BCUT2D eigenvalue weighted by Gasteiger charge is -2.45. The third-order valence-corrected chi connectivity index (χ3v) is 3.93. The average Bonchev–Trinajstić information content (AvgIpc) is 2.31. The maximum Gasteiger partial charge on any atom is 0.193 e. The summed E-state index contributed by atoms with van der Waals surface area (Å²) < 4.78 is 13.8. The third-order valence-electron chi connectivity index (χ3n) is 3.93. The van der Waals surface area contributed by atoms with E-state index in [1.807, 2.05) is 6.07 Å². The van der Waals surface area contributed by atoms with Gasteiger partial charge < -0.3 is 4.84 Å². The van der Waals surface area contributed by atoms with Crippen LogP contribution in [0.3, 0.4) is 0 Å². The number of halogens is 1. The fourth-order valence-corrected chi connectivity index (χ4v) is 2.91. The van der Waals surface area contributed by atoms with Crippen molar-refractivity contribution in [2.45, 2.75) is 19.3 Å². The molecule has 2 bridgehead atoms. The maximum atomic E-state index is 13.1. The standard InChI is InChI=1S/C13H17FNO/c14-12-2-1-3-13(10-12)16-15-7-4-11(5-8-15)6-9-15/h1-3,10-11H,4-9H2/q+1. The number of hydroxylamine groups is 3. The van der Waals surface area contributed by atoms with E-state index in [1.165, 1.54) is 31.4 Å². The van der Waals surface area contributed by atoms with Gasteiger partial charge in [0, 0.05) is 25.3 Å². The van der Waals surface area contributed by atoms with E-state index >= 15 is 0 Å². The molecule has 0 unspecified atom stereocenters. The average molecular weight is 222 g/mol. The number of benzene rings is 1. The van der Waals surface area contributed by atoms with Crippen molar-refractivity contribution >= 4 is 0 Å². The smallest absolute Gasteiger partial charge is 0.193 e. The predicted molar refractivity (Wildman–Crippen MR) is 59.2 cm³/mol. The molecule has 2 nitrogen and oxygen atoms in total. The van der Waals surface area contributed by atoms with E-state index in [4.69, 9.17) is 4.84 Å². The summed E-state index contributed by atoms with van der Waals surface area (Å²) in [6.45, 7) is 3.25. The molecule has 86 valence electrons. The quantitative estimate of drug-likeness (QED) is 0.699. The van der Waals surface area contributed by atoms with Gasteiger partial charge in [-0.1, -0.05) is 6.07 Å². The Morgan fingerprint density at radius 2 is 1.81 bits per heavy atom. The Labute approximate surface area is 95.2 Å². The highest BCUT2D eigenvalue weighted by atomic mass is 19.1. The molecule has 0 saturated carbocycles. The van der Waals surface area contributed by atoms with Crippen molar-refractivity contribution in [3.8, 4) is 5.75 Å². The number of hydrogen-bond acceptors (Lipinski definition) is 1. The largest absolute Gasteiger partial charge is 0.315 e. The van der Waals surface area contributed by atoms with Gasteiger partial charge in [-0.15, -0.1) is 4.65 Å². The molecule has 4 rings (SSSR count). The highest BCUT2D eigenvalue weighted by molar-refractivity contribution is 5.21. The SMILES string of the molecule is Fc1cccc(O[N+]23CCC(CC2)CC3)c1. The second-order valence-electron chi connectivity index (χ2n) is 5.01. The van der Waals surface area contributed by atoms with Crippen molar-refractivity contribution in [2.75, 3.05) is 19.6 Å². The van der Waals surface area contributed by atoms with Crippen molar-refractivity contribution in [1.82, 2.24) is 0 Å². The highest BCUT2D eigenvalue weighted by Gasteiger charge is 2.42. The van der Waals surface area contributed by atoms with E-state index in [9.17, 15) is 4.39 Å². The Hall–Kier alpha value is -1.09. The fourth-order valence-electron chi connectivity index (χ4n) is 2.91. The lowest BCUT2D eigenvalue weighted by Crippen LogP contribution is -2.60. The molecule has 0 spiro atoms. The van der Waals surface area contributed by atoms with E-state index in [0.717, 1.165) is 25.6 Å². The minimum atomic E-state index is -0.220. The summed E-state index contributed by atoms with van der Waals surface area (Å²) in [6, 6.07) is 6.49. The number of hydrogen-bond donors (Lipinski definition) is 0. The molecule has 0 radical (unpaired) electrons. The van der Waals surface area contributed by atoms with E-state index in [0.29, 0.717) is 10.4 Å². The van der Waals surface area contributed by atoms with Crippen molar-refractivity contribution in [3.05, 3.63) is 30.1 Å². The van der Waals surface area contributed by atoms with E-state index in [-0.39, 0.29) is 5.82 Å². The van der Waals surface area contributed by atoms with Gasteiger partial charge in [0.15, 0.2) is 5.75 Å². The van der Waals surface area contributed by atoms with Crippen LogP contribution in [-0.2, 0) is 0 Å². The van der Waals surface area contributed by atoms with Gasteiger partial charge in [-0.05, 0) is 18.1 Å². The number of rotatable bonds is 2. The van der Waals surface area contributed by atoms with Crippen molar-refractivity contribution in [3.63, 3.8) is 0 Å². The Balaban J connectivity index is 1.78. The van der Waals surface area contributed by atoms with Crippen LogP contribution in [0.2, 0.25) is 0 Å². The molecule has 0 aromatic heterocycles. The summed E-state index contributed by atoms with van der Waals surface area (Å²) in [5.74, 6) is 1.36. The summed E-state index contributed by atoms with van der Waals surface area (Å²) in [6.07, 6.45) is 3.78. The molecule has 3 aliphatic heterocycles.